The highest BCUT2D eigenvalue weighted by Crippen LogP contribution is 2.24. The van der Waals surface area contributed by atoms with Gasteiger partial charge in [-0.15, -0.1) is 0 Å². The first-order chi connectivity index (χ1) is 9.60. The zero-order chi connectivity index (χ0) is 14.5. The summed E-state index contributed by atoms with van der Waals surface area (Å²) >= 11 is 0. The molecule has 1 saturated heterocycles. The Morgan fingerprint density at radius 1 is 1.20 bits per heavy atom. The summed E-state index contributed by atoms with van der Waals surface area (Å²) in [6.45, 7) is 9.57. The van der Waals surface area contributed by atoms with Crippen LogP contribution in [-0.4, -0.2) is 29.6 Å². The summed E-state index contributed by atoms with van der Waals surface area (Å²) in [6.07, 6.45) is 4.92. The van der Waals surface area contributed by atoms with Crippen LogP contribution < -0.4 is 0 Å². The number of piperidine rings is 1. The number of likely N-dealkylation sites (tertiary alicyclic amines) is 1. The summed E-state index contributed by atoms with van der Waals surface area (Å²) < 4.78 is 0. The van der Waals surface area contributed by atoms with Gasteiger partial charge < -0.3 is 10.0 Å². The van der Waals surface area contributed by atoms with Crippen molar-refractivity contribution in [2.24, 2.45) is 5.92 Å². The molecule has 0 bridgehead atoms. The summed E-state index contributed by atoms with van der Waals surface area (Å²) in [4.78, 5) is 2.42. The van der Waals surface area contributed by atoms with Crippen molar-refractivity contribution < 1.29 is 5.11 Å². The maximum absolute atomic E-state index is 10.4. The van der Waals surface area contributed by atoms with Gasteiger partial charge in [0.15, 0.2) is 0 Å². The lowest BCUT2D eigenvalue weighted by Gasteiger charge is -2.33. The Balaban J connectivity index is 1.85. The SMILES string of the molecule is CCCC1CCN(CC(O)c2ccc(C)c(C)c2)CC1. The number of aryl methyl sites for hydroxylation is 2. The van der Waals surface area contributed by atoms with Crippen LogP contribution in [0, 0.1) is 19.8 Å². The van der Waals surface area contributed by atoms with Crippen LogP contribution in [0.2, 0.25) is 0 Å². The van der Waals surface area contributed by atoms with E-state index in [-0.39, 0.29) is 6.10 Å². The third-order valence-corrected chi connectivity index (χ3v) is 4.75. The predicted octanol–water partition coefficient (Wildman–Crippen LogP) is 3.85. The Morgan fingerprint density at radius 3 is 2.50 bits per heavy atom. The zero-order valence-electron chi connectivity index (χ0n) is 13.2. The Morgan fingerprint density at radius 2 is 1.90 bits per heavy atom. The minimum Gasteiger partial charge on any atom is -0.387 e. The molecule has 0 aromatic heterocycles. The molecule has 0 spiro atoms. The number of hydrogen-bond donors (Lipinski definition) is 1. The highest BCUT2D eigenvalue weighted by molar-refractivity contribution is 5.31. The summed E-state index contributed by atoms with van der Waals surface area (Å²) in [5.41, 5.74) is 3.62. The van der Waals surface area contributed by atoms with Gasteiger partial charge in [0.25, 0.3) is 0 Å². The molecule has 1 aromatic carbocycles. The van der Waals surface area contributed by atoms with Gasteiger partial charge in [0.1, 0.15) is 0 Å². The van der Waals surface area contributed by atoms with Gasteiger partial charge in [-0.2, -0.15) is 0 Å². The summed E-state index contributed by atoms with van der Waals surface area (Å²) in [5, 5.41) is 10.4. The lowest BCUT2D eigenvalue weighted by atomic mass is 9.92. The van der Waals surface area contributed by atoms with E-state index in [1.54, 1.807) is 0 Å². The Kier molecular flexibility index (Phi) is 5.62. The first-order valence-corrected chi connectivity index (χ1v) is 8.07. The maximum atomic E-state index is 10.4. The summed E-state index contributed by atoms with van der Waals surface area (Å²) in [5.74, 6) is 0.912. The van der Waals surface area contributed by atoms with Gasteiger partial charge >= 0.3 is 0 Å². The lowest BCUT2D eigenvalue weighted by molar-refractivity contribution is 0.0879. The van der Waals surface area contributed by atoms with Crippen LogP contribution in [0.5, 0.6) is 0 Å². The second kappa shape index (κ2) is 7.24. The molecule has 0 amide bonds. The van der Waals surface area contributed by atoms with E-state index in [0.29, 0.717) is 0 Å². The third kappa shape index (κ3) is 4.07. The van der Waals surface area contributed by atoms with Crippen LogP contribution in [0.25, 0.3) is 0 Å². The van der Waals surface area contributed by atoms with E-state index in [0.717, 1.165) is 31.1 Å². The van der Waals surface area contributed by atoms with E-state index < -0.39 is 0 Å². The van der Waals surface area contributed by atoms with Crippen molar-refractivity contribution in [1.82, 2.24) is 4.90 Å². The van der Waals surface area contributed by atoms with Gasteiger partial charge in [0, 0.05) is 6.54 Å². The molecule has 2 heteroatoms. The fourth-order valence-electron chi connectivity index (χ4n) is 3.19. The normalized spacial score (nSPS) is 19.2. The van der Waals surface area contributed by atoms with Crippen molar-refractivity contribution in [2.45, 2.75) is 52.6 Å². The van der Waals surface area contributed by atoms with Crippen LogP contribution in [0.1, 0.15) is 55.4 Å². The molecule has 1 unspecified atom stereocenters. The third-order valence-electron chi connectivity index (χ3n) is 4.75. The molecule has 1 aromatic rings. The zero-order valence-corrected chi connectivity index (χ0v) is 13.2. The fourth-order valence-corrected chi connectivity index (χ4v) is 3.19. The summed E-state index contributed by atoms with van der Waals surface area (Å²) in [6, 6.07) is 6.31. The molecular weight excluding hydrogens is 246 g/mol. The standard InChI is InChI=1S/C18H29NO/c1-4-5-16-8-10-19(11-9-16)13-18(20)17-7-6-14(2)15(3)12-17/h6-7,12,16,18,20H,4-5,8-11,13H2,1-3H3. The molecule has 1 aliphatic heterocycles. The molecular formula is C18H29NO. The first kappa shape index (κ1) is 15.5. The van der Waals surface area contributed by atoms with Gasteiger partial charge in [-0.3, -0.25) is 0 Å². The molecule has 1 N–H and O–H groups in total. The van der Waals surface area contributed by atoms with Crippen LogP contribution in [0.4, 0.5) is 0 Å². The van der Waals surface area contributed by atoms with Crippen molar-refractivity contribution in [2.75, 3.05) is 19.6 Å². The molecule has 1 atom stereocenters. The van der Waals surface area contributed by atoms with Crippen molar-refractivity contribution in [1.29, 1.82) is 0 Å². The molecule has 112 valence electrons. The Bertz CT molecular complexity index is 421. The molecule has 2 rings (SSSR count). The smallest absolute Gasteiger partial charge is 0.0917 e. The number of nitrogens with zero attached hydrogens (tertiary/aromatic N) is 1. The van der Waals surface area contributed by atoms with Crippen LogP contribution in [0.3, 0.4) is 0 Å². The second-order valence-corrected chi connectivity index (χ2v) is 6.39. The van der Waals surface area contributed by atoms with Gasteiger partial charge in [-0.05, 0) is 62.4 Å². The van der Waals surface area contributed by atoms with Gasteiger partial charge in [0.2, 0.25) is 0 Å². The molecule has 1 fully saturated rings. The maximum Gasteiger partial charge on any atom is 0.0917 e. The predicted molar refractivity (Wildman–Crippen MR) is 84.9 cm³/mol. The molecule has 0 radical (unpaired) electrons. The first-order valence-electron chi connectivity index (χ1n) is 8.07. The van der Waals surface area contributed by atoms with Gasteiger partial charge in [0.05, 0.1) is 6.10 Å². The van der Waals surface area contributed by atoms with Crippen molar-refractivity contribution in [3.05, 3.63) is 34.9 Å². The average molecular weight is 275 g/mol. The Labute approximate surface area is 123 Å². The molecule has 1 heterocycles. The topological polar surface area (TPSA) is 23.5 Å². The molecule has 2 nitrogen and oxygen atoms in total. The van der Waals surface area contributed by atoms with E-state index in [9.17, 15) is 5.11 Å². The van der Waals surface area contributed by atoms with Crippen molar-refractivity contribution in [3.8, 4) is 0 Å². The average Bonchev–Trinajstić information content (AvgIpc) is 2.44. The fraction of sp³-hybridized carbons (Fsp3) is 0.667. The van der Waals surface area contributed by atoms with Crippen molar-refractivity contribution >= 4 is 0 Å². The van der Waals surface area contributed by atoms with E-state index in [4.69, 9.17) is 0 Å². The minimum absolute atomic E-state index is 0.350. The highest BCUT2D eigenvalue weighted by Gasteiger charge is 2.21. The van der Waals surface area contributed by atoms with Crippen LogP contribution in [0.15, 0.2) is 18.2 Å². The number of aliphatic hydroxyl groups excluding tert-OH is 1. The van der Waals surface area contributed by atoms with Gasteiger partial charge in [-0.1, -0.05) is 38.0 Å². The van der Waals surface area contributed by atoms with E-state index >= 15 is 0 Å². The number of rotatable bonds is 5. The molecule has 0 aliphatic carbocycles. The molecule has 1 aliphatic rings. The monoisotopic (exact) mass is 275 g/mol. The van der Waals surface area contributed by atoms with Gasteiger partial charge in [-0.25, -0.2) is 0 Å². The van der Waals surface area contributed by atoms with Crippen LogP contribution >= 0.6 is 0 Å². The van der Waals surface area contributed by atoms with E-state index in [2.05, 4.69) is 43.9 Å². The quantitative estimate of drug-likeness (QED) is 0.882. The number of β-amino-alcohol motifs (C(OH)–C–C–N with tert-alkyl or cyclic N) is 1. The second-order valence-electron chi connectivity index (χ2n) is 6.39. The minimum atomic E-state index is -0.350. The van der Waals surface area contributed by atoms with Crippen LogP contribution in [-0.2, 0) is 0 Å². The highest BCUT2D eigenvalue weighted by atomic mass is 16.3. The molecule has 20 heavy (non-hydrogen) atoms. The number of aliphatic hydroxyl groups is 1. The Hall–Kier alpha value is -0.860. The van der Waals surface area contributed by atoms with Crippen molar-refractivity contribution in [3.63, 3.8) is 0 Å². The van der Waals surface area contributed by atoms with E-state index in [1.165, 1.54) is 36.8 Å². The number of hydrogen-bond acceptors (Lipinski definition) is 2. The van der Waals surface area contributed by atoms with E-state index in [1.807, 2.05) is 0 Å². The summed E-state index contributed by atoms with van der Waals surface area (Å²) in [7, 11) is 0. The molecule has 0 saturated carbocycles. The lowest BCUT2D eigenvalue weighted by Crippen LogP contribution is -2.36. The number of benzene rings is 1. The largest absolute Gasteiger partial charge is 0.387 e.